The monoisotopic (exact) mass is 375 g/mol. The van der Waals surface area contributed by atoms with Crippen molar-refractivity contribution in [2.45, 2.75) is 57.0 Å². The van der Waals surface area contributed by atoms with Gasteiger partial charge in [-0.25, -0.2) is 0 Å². The Morgan fingerprint density at radius 3 is 2.65 bits per heavy atom. The fourth-order valence-corrected chi connectivity index (χ4v) is 3.84. The van der Waals surface area contributed by atoms with Crippen LogP contribution in [-0.2, 0) is 10.9 Å². The van der Waals surface area contributed by atoms with E-state index in [0.717, 1.165) is 25.0 Å². The molecule has 0 unspecified atom stereocenters. The first-order chi connectivity index (χ1) is 12.3. The lowest BCUT2D eigenvalue weighted by molar-refractivity contribution is -0.220. The summed E-state index contributed by atoms with van der Waals surface area (Å²) in [5, 5.41) is 11.7. The van der Waals surface area contributed by atoms with Gasteiger partial charge in [-0.3, -0.25) is 0 Å². The smallest absolute Gasteiger partial charge is 0.416 e. The summed E-state index contributed by atoms with van der Waals surface area (Å²) < 4.78 is 55.0. The molecule has 1 aromatic rings. The molecule has 1 aromatic carbocycles. The van der Waals surface area contributed by atoms with Crippen LogP contribution in [0.5, 0.6) is 11.5 Å². The minimum absolute atomic E-state index is 0.00490. The molecule has 146 valence electrons. The van der Waals surface area contributed by atoms with E-state index in [9.17, 15) is 18.4 Å². The second kappa shape index (κ2) is 7.62. The van der Waals surface area contributed by atoms with E-state index < -0.39 is 11.7 Å². The van der Waals surface area contributed by atoms with Crippen molar-refractivity contribution in [1.29, 1.82) is 0 Å². The van der Waals surface area contributed by atoms with E-state index in [2.05, 4.69) is 6.92 Å². The van der Waals surface area contributed by atoms with E-state index in [-0.39, 0.29) is 36.5 Å². The zero-order chi connectivity index (χ0) is 18.9. The molecule has 4 atom stereocenters. The number of rotatable bonds is 5. The number of methoxy groups -OCH3 is 1. The molecule has 0 saturated carbocycles. The van der Waals surface area contributed by atoms with Gasteiger partial charge in [-0.05, 0) is 37.0 Å². The first-order valence-electron chi connectivity index (χ1n) is 8.76. The van der Waals surface area contributed by atoms with Crippen LogP contribution >= 0.6 is 0 Å². The first kappa shape index (κ1) is 19.3. The number of piperidine rings is 2. The molecule has 8 heteroatoms. The molecule has 1 N–H and O–H groups in total. The third kappa shape index (κ3) is 4.07. The summed E-state index contributed by atoms with van der Waals surface area (Å²) in [5.41, 5.74) is -0.799. The molecule has 0 aromatic heterocycles. The lowest BCUT2D eigenvalue weighted by Crippen LogP contribution is -2.55. The van der Waals surface area contributed by atoms with Crippen LogP contribution in [0.3, 0.4) is 0 Å². The molecule has 26 heavy (non-hydrogen) atoms. The van der Waals surface area contributed by atoms with Crippen LogP contribution in [0.15, 0.2) is 18.2 Å². The lowest BCUT2D eigenvalue weighted by Gasteiger charge is -2.47. The van der Waals surface area contributed by atoms with E-state index >= 15 is 0 Å². The van der Waals surface area contributed by atoms with Gasteiger partial charge in [0, 0.05) is 32.0 Å². The molecule has 2 aliphatic heterocycles. The average molecular weight is 375 g/mol. The van der Waals surface area contributed by atoms with E-state index in [1.165, 1.54) is 18.2 Å². The SMILES string of the molecule is COCOc1cc(C(F)(F)F)ccc1O[C@@H]1C[C@@H]2CC[C@@H](C)[C@H](C1)N2O. The van der Waals surface area contributed by atoms with Crippen molar-refractivity contribution in [3.05, 3.63) is 23.8 Å². The van der Waals surface area contributed by atoms with Crippen LogP contribution in [0.25, 0.3) is 0 Å². The van der Waals surface area contributed by atoms with Crippen LogP contribution < -0.4 is 9.47 Å². The molecular weight excluding hydrogens is 351 g/mol. The van der Waals surface area contributed by atoms with E-state index in [1.807, 2.05) is 0 Å². The molecule has 5 nitrogen and oxygen atoms in total. The van der Waals surface area contributed by atoms with Gasteiger partial charge >= 0.3 is 6.18 Å². The highest BCUT2D eigenvalue weighted by Crippen LogP contribution is 2.40. The van der Waals surface area contributed by atoms with Gasteiger partial charge in [0.1, 0.15) is 6.10 Å². The summed E-state index contributed by atoms with van der Waals surface area (Å²) in [5.74, 6) is 0.614. The van der Waals surface area contributed by atoms with Crippen LogP contribution in [0.2, 0.25) is 0 Å². The molecule has 0 radical (unpaired) electrons. The van der Waals surface area contributed by atoms with Gasteiger partial charge in [0.25, 0.3) is 0 Å². The number of halogens is 3. The number of hydroxylamine groups is 2. The average Bonchev–Trinajstić information content (AvgIpc) is 2.57. The third-order valence-electron chi connectivity index (χ3n) is 5.26. The zero-order valence-corrected chi connectivity index (χ0v) is 14.8. The number of hydrogen-bond acceptors (Lipinski definition) is 5. The second-order valence-corrected chi connectivity index (χ2v) is 7.08. The topological polar surface area (TPSA) is 51.2 Å². The van der Waals surface area contributed by atoms with Gasteiger partial charge < -0.3 is 19.4 Å². The largest absolute Gasteiger partial charge is 0.486 e. The van der Waals surface area contributed by atoms with Crippen molar-refractivity contribution in [1.82, 2.24) is 5.06 Å². The van der Waals surface area contributed by atoms with Gasteiger partial charge in [-0.2, -0.15) is 18.2 Å². The van der Waals surface area contributed by atoms with Crippen molar-refractivity contribution < 1.29 is 32.6 Å². The molecule has 2 fully saturated rings. The number of hydrogen-bond donors (Lipinski definition) is 1. The first-order valence-corrected chi connectivity index (χ1v) is 8.76. The predicted octanol–water partition coefficient (Wildman–Crippen LogP) is 4.09. The number of nitrogens with zero attached hydrogens (tertiary/aromatic N) is 1. The highest BCUT2D eigenvalue weighted by Gasteiger charge is 2.42. The molecule has 2 heterocycles. The molecule has 2 saturated heterocycles. The number of ether oxygens (including phenoxy) is 3. The number of benzene rings is 1. The maximum atomic E-state index is 13.0. The highest BCUT2D eigenvalue weighted by molar-refractivity contribution is 5.44. The normalized spacial score (nSPS) is 29.5. The van der Waals surface area contributed by atoms with Gasteiger partial charge in [0.2, 0.25) is 0 Å². The fourth-order valence-electron chi connectivity index (χ4n) is 3.84. The molecule has 2 bridgehead atoms. The third-order valence-corrected chi connectivity index (χ3v) is 5.26. The fraction of sp³-hybridized carbons (Fsp3) is 0.667. The summed E-state index contributed by atoms with van der Waals surface area (Å²) >= 11 is 0. The van der Waals surface area contributed by atoms with Crippen LogP contribution in [0.1, 0.15) is 38.2 Å². The Morgan fingerprint density at radius 1 is 1.19 bits per heavy atom. The summed E-state index contributed by atoms with van der Waals surface area (Å²) in [7, 11) is 1.40. The maximum absolute atomic E-state index is 13.0. The number of alkyl halides is 3. The van der Waals surface area contributed by atoms with Gasteiger partial charge in [0.15, 0.2) is 18.3 Å². The van der Waals surface area contributed by atoms with E-state index in [0.29, 0.717) is 18.8 Å². The Bertz CT molecular complexity index is 625. The van der Waals surface area contributed by atoms with Gasteiger partial charge in [-0.1, -0.05) is 6.92 Å². The standard InChI is InChI=1S/C18H24F3NO4/c1-11-3-5-13-8-14(9-15(11)22(13)23)26-16-6-4-12(18(19,20)21)7-17(16)25-10-24-2/h4,6-7,11,13-15,23H,3,5,8-10H2,1-2H3/t11-,13+,14-,15+/m1/s1. The van der Waals surface area contributed by atoms with Crippen LogP contribution in [0, 0.1) is 5.92 Å². The predicted molar refractivity (Wildman–Crippen MR) is 87.2 cm³/mol. The minimum Gasteiger partial charge on any atom is -0.486 e. The Labute approximate surface area is 150 Å². The highest BCUT2D eigenvalue weighted by atomic mass is 19.4. The summed E-state index contributed by atoms with van der Waals surface area (Å²) in [6.45, 7) is 1.92. The van der Waals surface area contributed by atoms with Crippen molar-refractivity contribution >= 4 is 0 Å². The number of fused-ring (bicyclic) bond motifs is 2. The second-order valence-electron chi connectivity index (χ2n) is 7.08. The molecule has 0 amide bonds. The molecular formula is C18H24F3NO4. The van der Waals surface area contributed by atoms with Gasteiger partial charge in [-0.15, -0.1) is 0 Å². The summed E-state index contributed by atoms with van der Waals surface area (Å²) in [6.07, 6.45) is -1.45. The molecule has 0 aliphatic carbocycles. The van der Waals surface area contributed by atoms with Crippen molar-refractivity contribution in [2.75, 3.05) is 13.9 Å². The molecule has 3 rings (SSSR count). The quantitative estimate of drug-likeness (QED) is 0.786. The van der Waals surface area contributed by atoms with Gasteiger partial charge in [0.05, 0.1) is 5.56 Å². The zero-order valence-electron chi connectivity index (χ0n) is 14.8. The Morgan fingerprint density at radius 2 is 1.96 bits per heavy atom. The Balaban J connectivity index is 1.78. The molecule has 2 aliphatic rings. The van der Waals surface area contributed by atoms with Crippen molar-refractivity contribution in [3.8, 4) is 11.5 Å². The minimum atomic E-state index is -4.46. The van der Waals surface area contributed by atoms with Crippen LogP contribution in [0.4, 0.5) is 13.2 Å². The van der Waals surface area contributed by atoms with Crippen LogP contribution in [-0.4, -0.2) is 42.4 Å². The summed E-state index contributed by atoms with van der Waals surface area (Å²) in [4.78, 5) is 0. The lowest BCUT2D eigenvalue weighted by atomic mass is 9.79. The summed E-state index contributed by atoms with van der Waals surface area (Å²) in [6, 6.07) is 3.23. The van der Waals surface area contributed by atoms with E-state index in [1.54, 1.807) is 0 Å². The van der Waals surface area contributed by atoms with Crippen molar-refractivity contribution in [2.24, 2.45) is 5.92 Å². The Kier molecular flexibility index (Phi) is 5.64. The van der Waals surface area contributed by atoms with Crippen molar-refractivity contribution in [3.63, 3.8) is 0 Å². The molecule has 0 spiro atoms. The van der Waals surface area contributed by atoms with E-state index in [4.69, 9.17) is 14.2 Å². The Hall–Kier alpha value is -1.51. The maximum Gasteiger partial charge on any atom is 0.416 e.